The second kappa shape index (κ2) is 6.89. The summed E-state index contributed by atoms with van der Waals surface area (Å²) in [4.78, 5) is 25.3. The molecule has 2 fully saturated rings. The molecule has 0 aromatic carbocycles. The van der Waals surface area contributed by atoms with Crippen LogP contribution in [0.1, 0.15) is 32.1 Å². The summed E-state index contributed by atoms with van der Waals surface area (Å²) in [6.45, 7) is 3.62. The van der Waals surface area contributed by atoms with E-state index in [0.717, 1.165) is 18.9 Å². The number of hydrogen-bond donors (Lipinski definition) is 2. The van der Waals surface area contributed by atoms with Gasteiger partial charge in [-0.05, 0) is 51.7 Å². The second-order valence-corrected chi connectivity index (χ2v) is 5.87. The van der Waals surface area contributed by atoms with Crippen molar-refractivity contribution in [2.45, 2.75) is 32.1 Å². The third-order valence-electron chi connectivity index (χ3n) is 4.33. The highest BCUT2D eigenvalue weighted by molar-refractivity contribution is 5.83. The molecule has 2 rings (SSSR count). The Morgan fingerprint density at radius 1 is 1.37 bits per heavy atom. The maximum Gasteiger partial charge on any atom is 0.224 e. The molecule has 2 aliphatic rings. The number of amides is 2. The van der Waals surface area contributed by atoms with E-state index in [9.17, 15) is 9.59 Å². The number of carbonyl (C=O) groups excluding carboxylic acids is 2. The van der Waals surface area contributed by atoms with Gasteiger partial charge in [0.15, 0.2) is 0 Å². The minimum atomic E-state index is -0.0322. The van der Waals surface area contributed by atoms with E-state index in [1.165, 1.54) is 25.9 Å². The molecule has 0 aromatic rings. The van der Waals surface area contributed by atoms with E-state index in [4.69, 9.17) is 0 Å². The second-order valence-electron chi connectivity index (χ2n) is 5.87. The van der Waals surface area contributed by atoms with Gasteiger partial charge in [-0.3, -0.25) is 9.59 Å². The van der Waals surface area contributed by atoms with Crippen molar-refractivity contribution in [2.24, 2.45) is 11.8 Å². The van der Waals surface area contributed by atoms with Gasteiger partial charge in [0.05, 0.1) is 5.92 Å². The van der Waals surface area contributed by atoms with Gasteiger partial charge < -0.3 is 15.5 Å². The highest BCUT2D eigenvalue weighted by atomic mass is 16.2. The Labute approximate surface area is 115 Å². The topological polar surface area (TPSA) is 61.4 Å². The summed E-state index contributed by atoms with van der Waals surface area (Å²) >= 11 is 0. The molecule has 0 aromatic heterocycles. The molecule has 2 aliphatic heterocycles. The van der Waals surface area contributed by atoms with E-state index in [0.29, 0.717) is 19.4 Å². The van der Waals surface area contributed by atoms with Gasteiger partial charge in [-0.1, -0.05) is 0 Å². The van der Waals surface area contributed by atoms with Crippen LogP contribution in [0.3, 0.4) is 0 Å². The molecule has 19 heavy (non-hydrogen) atoms. The van der Waals surface area contributed by atoms with Crippen LogP contribution >= 0.6 is 0 Å². The van der Waals surface area contributed by atoms with E-state index in [-0.39, 0.29) is 17.7 Å². The van der Waals surface area contributed by atoms with E-state index >= 15 is 0 Å². The van der Waals surface area contributed by atoms with Crippen LogP contribution in [0.2, 0.25) is 0 Å². The van der Waals surface area contributed by atoms with E-state index < -0.39 is 0 Å². The lowest BCUT2D eigenvalue weighted by molar-refractivity contribution is -0.128. The number of rotatable bonds is 4. The predicted molar refractivity (Wildman–Crippen MR) is 73.6 cm³/mol. The SMILES string of the molecule is CN1CCC(CCNC(=O)C2CCC(=O)NC2)CC1. The number of likely N-dealkylation sites (tertiary alicyclic amines) is 1. The largest absolute Gasteiger partial charge is 0.356 e. The van der Waals surface area contributed by atoms with Gasteiger partial charge >= 0.3 is 0 Å². The van der Waals surface area contributed by atoms with Crippen molar-refractivity contribution in [3.05, 3.63) is 0 Å². The van der Waals surface area contributed by atoms with Crippen LogP contribution in [-0.2, 0) is 9.59 Å². The summed E-state index contributed by atoms with van der Waals surface area (Å²) in [5.41, 5.74) is 0. The van der Waals surface area contributed by atoms with Crippen LogP contribution < -0.4 is 10.6 Å². The maximum atomic E-state index is 11.9. The molecule has 0 saturated carbocycles. The Bertz CT molecular complexity index is 315. The fourth-order valence-corrected chi connectivity index (χ4v) is 2.85. The van der Waals surface area contributed by atoms with Gasteiger partial charge in [0.2, 0.25) is 11.8 Å². The lowest BCUT2D eigenvalue weighted by Crippen LogP contribution is -2.43. The predicted octanol–water partition coefficient (Wildman–Crippen LogP) is 0.361. The molecule has 2 saturated heterocycles. The molecule has 5 heteroatoms. The summed E-state index contributed by atoms with van der Waals surface area (Å²) in [5.74, 6) is 0.890. The summed E-state index contributed by atoms with van der Waals surface area (Å²) in [6.07, 6.45) is 4.73. The lowest BCUT2D eigenvalue weighted by atomic mass is 9.93. The molecule has 0 bridgehead atoms. The molecule has 2 heterocycles. The van der Waals surface area contributed by atoms with Crippen molar-refractivity contribution >= 4 is 11.8 Å². The minimum absolute atomic E-state index is 0.0322. The van der Waals surface area contributed by atoms with Crippen molar-refractivity contribution in [1.29, 1.82) is 0 Å². The molecular weight excluding hydrogens is 242 g/mol. The standard InChI is InChI=1S/C14H25N3O2/c1-17-8-5-11(6-9-17)4-7-15-14(19)12-2-3-13(18)16-10-12/h11-12H,2-10H2,1H3,(H,15,19)(H,16,18). The normalized spacial score (nSPS) is 25.9. The summed E-state index contributed by atoms with van der Waals surface area (Å²) in [6, 6.07) is 0. The Morgan fingerprint density at radius 3 is 2.74 bits per heavy atom. The summed E-state index contributed by atoms with van der Waals surface area (Å²) < 4.78 is 0. The van der Waals surface area contributed by atoms with Gasteiger partial charge in [0.1, 0.15) is 0 Å². The molecule has 1 atom stereocenters. The number of carbonyl (C=O) groups is 2. The van der Waals surface area contributed by atoms with E-state index in [2.05, 4.69) is 22.6 Å². The molecule has 2 amide bonds. The molecule has 5 nitrogen and oxygen atoms in total. The van der Waals surface area contributed by atoms with Crippen molar-refractivity contribution in [2.75, 3.05) is 33.2 Å². The van der Waals surface area contributed by atoms with Crippen molar-refractivity contribution in [1.82, 2.24) is 15.5 Å². The zero-order valence-corrected chi connectivity index (χ0v) is 11.8. The number of nitrogens with one attached hydrogen (secondary N) is 2. The summed E-state index contributed by atoms with van der Waals surface area (Å²) in [7, 11) is 2.16. The first-order chi connectivity index (χ1) is 9.15. The molecule has 1 unspecified atom stereocenters. The third-order valence-corrected chi connectivity index (χ3v) is 4.33. The fourth-order valence-electron chi connectivity index (χ4n) is 2.85. The van der Waals surface area contributed by atoms with Gasteiger partial charge in [-0.25, -0.2) is 0 Å². The van der Waals surface area contributed by atoms with Crippen LogP contribution in [0.25, 0.3) is 0 Å². The molecular formula is C14H25N3O2. The number of piperidine rings is 2. The number of nitrogens with zero attached hydrogens (tertiary/aromatic N) is 1. The molecule has 0 aliphatic carbocycles. The Hall–Kier alpha value is -1.10. The van der Waals surface area contributed by atoms with Gasteiger partial charge in [0, 0.05) is 19.5 Å². The van der Waals surface area contributed by atoms with Crippen molar-refractivity contribution in [3.8, 4) is 0 Å². The average molecular weight is 267 g/mol. The molecule has 0 radical (unpaired) electrons. The average Bonchev–Trinajstić information content (AvgIpc) is 2.41. The van der Waals surface area contributed by atoms with Crippen LogP contribution in [0.4, 0.5) is 0 Å². The van der Waals surface area contributed by atoms with E-state index in [1.54, 1.807) is 0 Å². The van der Waals surface area contributed by atoms with Crippen molar-refractivity contribution in [3.63, 3.8) is 0 Å². The number of hydrogen-bond acceptors (Lipinski definition) is 3. The zero-order chi connectivity index (χ0) is 13.7. The Balaban J connectivity index is 1.60. The highest BCUT2D eigenvalue weighted by Crippen LogP contribution is 2.19. The minimum Gasteiger partial charge on any atom is -0.356 e. The quantitative estimate of drug-likeness (QED) is 0.773. The van der Waals surface area contributed by atoms with Crippen LogP contribution in [0.15, 0.2) is 0 Å². The summed E-state index contributed by atoms with van der Waals surface area (Å²) in [5, 5.41) is 5.77. The first-order valence-electron chi connectivity index (χ1n) is 7.38. The fraction of sp³-hybridized carbons (Fsp3) is 0.857. The van der Waals surface area contributed by atoms with Gasteiger partial charge in [0.25, 0.3) is 0 Å². The van der Waals surface area contributed by atoms with Crippen molar-refractivity contribution < 1.29 is 9.59 Å². The Morgan fingerprint density at radius 2 is 2.11 bits per heavy atom. The van der Waals surface area contributed by atoms with Crippen LogP contribution in [-0.4, -0.2) is 49.9 Å². The first kappa shape index (κ1) is 14.3. The van der Waals surface area contributed by atoms with Crippen LogP contribution in [0.5, 0.6) is 0 Å². The van der Waals surface area contributed by atoms with Gasteiger partial charge in [-0.2, -0.15) is 0 Å². The lowest BCUT2D eigenvalue weighted by Gasteiger charge is -2.29. The van der Waals surface area contributed by atoms with E-state index in [1.807, 2.05) is 0 Å². The maximum absolute atomic E-state index is 11.9. The first-order valence-corrected chi connectivity index (χ1v) is 7.38. The monoisotopic (exact) mass is 267 g/mol. The Kier molecular flexibility index (Phi) is 5.19. The van der Waals surface area contributed by atoms with Gasteiger partial charge in [-0.15, -0.1) is 0 Å². The van der Waals surface area contributed by atoms with Crippen LogP contribution in [0, 0.1) is 11.8 Å². The molecule has 2 N–H and O–H groups in total. The zero-order valence-electron chi connectivity index (χ0n) is 11.8. The highest BCUT2D eigenvalue weighted by Gasteiger charge is 2.24. The third kappa shape index (κ3) is 4.49. The molecule has 108 valence electrons. The molecule has 0 spiro atoms. The smallest absolute Gasteiger partial charge is 0.224 e.